The van der Waals surface area contributed by atoms with E-state index in [2.05, 4.69) is 26.2 Å². The third kappa shape index (κ3) is 3.47. The largest absolute Gasteiger partial charge is 0.359 e. The number of hydrogen-bond donors (Lipinski definition) is 1. The molecule has 0 unspecified atom stereocenters. The van der Waals surface area contributed by atoms with E-state index in [-0.39, 0.29) is 11.5 Å². The number of nitrogens with zero attached hydrogens (tertiary/aromatic N) is 2. The highest BCUT2D eigenvalue weighted by Crippen LogP contribution is 1.99. The Hall–Kier alpha value is -1.17. The van der Waals surface area contributed by atoms with Crippen LogP contribution in [-0.4, -0.2) is 22.5 Å². The minimum atomic E-state index is -0.123. The first-order valence-electron chi connectivity index (χ1n) is 4.55. The summed E-state index contributed by atoms with van der Waals surface area (Å²) < 4.78 is 1.91. The van der Waals surface area contributed by atoms with Crippen LogP contribution in [0, 0.1) is 0 Å². The van der Waals surface area contributed by atoms with Crippen LogP contribution in [0.2, 0.25) is 0 Å². The lowest BCUT2D eigenvalue weighted by atomic mass is 10.3. The molecule has 1 heterocycles. The summed E-state index contributed by atoms with van der Waals surface area (Å²) in [4.78, 5) is 26.3. The van der Waals surface area contributed by atoms with E-state index < -0.39 is 0 Å². The third-order valence-electron chi connectivity index (χ3n) is 1.94. The van der Waals surface area contributed by atoms with Gasteiger partial charge in [0.1, 0.15) is 4.47 Å². The SMILES string of the molecule is CNC(=O)CCCn1cncc(Br)c1=O. The molecule has 1 aromatic rings. The average Bonchev–Trinajstić information content (AvgIpc) is 2.24. The lowest BCUT2D eigenvalue weighted by molar-refractivity contribution is -0.120. The Morgan fingerprint density at radius 1 is 1.67 bits per heavy atom. The second-order valence-electron chi connectivity index (χ2n) is 3.02. The molecule has 0 saturated carbocycles. The van der Waals surface area contributed by atoms with Gasteiger partial charge in [0.15, 0.2) is 0 Å². The highest BCUT2D eigenvalue weighted by molar-refractivity contribution is 9.10. The van der Waals surface area contributed by atoms with Crippen LogP contribution in [0.1, 0.15) is 12.8 Å². The fourth-order valence-electron chi connectivity index (χ4n) is 1.12. The molecule has 0 aliphatic heterocycles. The zero-order chi connectivity index (χ0) is 11.3. The summed E-state index contributed by atoms with van der Waals surface area (Å²) in [5.41, 5.74) is -0.123. The minimum Gasteiger partial charge on any atom is -0.359 e. The molecule has 82 valence electrons. The van der Waals surface area contributed by atoms with Gasteiger partial charge >= 0.3 is 0 Å². The summed E-state index contributed by atoms with van der Waals surface area (Å²) in [6.07, 6.45) is 3.96. The highest BCUT2D eigenvalue weighted by atomic mass is 79.9. The molecular weight excluding hydrogens is 262 g/mol. The molecule has 1 rings (SSSR count). The maximum absolute atomic E-state index is 11.5. The lowest BCUT2D eigenvalue weighted by Gasteiger charge is -2.04. The second kappa shape index (κ2) is 5.65. The van der Waals surface area contributed by atoms with Crippen LogP contribution in [-0.2, 0) is 11.3 Å². The zero-order valence-corrected chi connectivity index (χ0v) is 9.95. The first kappa shape index (κ1) is 11.9. The fraction of sp³-hybridized carbons (Fsp3) is 0.444. The molecule has 0 aromatic carbocycles. The molecule has 0 radical (unpaired) electrons. The van der Waals surface area contributed by atoms with E-state index in [4.69, 9.17) is 0 Å². The predicted octanol–water partition coefficient (Wildman–Crippen LogP) is 0.532. The van der Waals surface area contributed by atoms with Gasteiger partial charge in [0.2, 0.25) is 5.91 Å². The Balaban J connectivity index is 2.55. The van der Waals surface area contributed by atoms with E-state index in [1.807, 2.05) is 0 Å². The number of hydrogen-bond acceptors (Lipinski definition) is 3. The lowest BCUT2D eigenvalue weighted by Crippen LogP contribution is -2.22. The number of nitrogens with one attached hydrogen (secondary N) is 1. The monoisotopic (exact) mass is 273 g/mol. The molecule has 0 spiro atoms. The van der Waals surface area contributed by atoms with E-state index in [1.54, 1.807) is 7.05 Å². The highest BCUT2D eigenvalue weighted by Gasteiger charge is 2.02. The molecule has 0 aliphatic carbocycles. The van der Waals surface area contributed by atoms with Gasteiger partial charge in [0.05, 0.1) is 6.33 Å². The standard InChI is InChI=1S/C9H12BrN3O2/c1-11-8(14)3-2-4-13-6-12-5-7(10)9(13)15/h5-6H,2-4H2,1H3,(H,11,14). The van der Waals surface area contributed by atoms with Crippen LogP contribution in [0.25, 0.3) is 0 Å². The molecule has 6 heteroatoms. The van der Waals surface area contributed by atoms with Gasteiger partial charge in [-0.05, 0) is 22.4 Å². The Morgan fingerprint density at radius 3 is 3.07 bits per heavy atom. The Labute approximate surface area is 95.6 Å². The van der Waals surface area contributed by atoms with Crippen molar-refractivity contribution in [1.82, 2.24) is 14.9 Å². The van der Waals surface area contributed by atoms with Crippen molar-refractivity contribution in [1.29, 1.82) is 0 Å². The van der Waals surface area contributed by atoms with E-state index >= 15 is 0 Å². The summed E-state index contributed by atoms with van der Waals surface area (Å²) in [7, 11) is 1.59. The molecule has 1 N–H and O–H groups in total. The number of halogens is 1. The van der Waals surface area contributed by atoms with E-state index in [9.17, 15) is 9.59 Å². The number of amides is 1. The molecule has 0 saturated heterocycles. The summed E-state index contributed by atoms with van der Waals surface area (Å²) in [6, 6.07) is 0. The molecule has 1 amide bonds. The van der Waals surface area contributed by atoms with Crippen LogP contribution in [0.5, 0.6) is 0 Å². The van der Waals surface area contributed by atoms with Crippen molar-refractivity contribution in [2.24, 2.45) is 0 Å². The maximum Gasteiger partial charge on any atom is 0.267 e. The molecule has 0 atom stereocenters. The van der Waals surface area contributed by atoms with Gasteiger partial charge in [0.25, 0.3) is 5.56 Å². The number of aryl methyl sites for hydroxylation is 1. The Bertz CT molecular complexity index is 403. The van der Waals surface area contributed by atoms with Crippen molar-refractivity contribution in [3.05, 3.63) is 27.4 Å². The van der Waals surface area contributed by atoms with Crippen molar-refractivity contribution >= 4 is 21.8 Å². The predicted molar refractivity (Wildman–Crippen MR) is 59.5 cm³/mol. The summed E-state index contributed by atoms with van der Waals surface area (Å²) >= 11 is 3.11. The van der Waals surface area contributed by atoms with Crippen molar-refractivity contribution < 1.29 is 4.79 Å². The Morgan fingerprint density at radius 2 is 2.40 bits per heavy atom. The molecule has 0 aliphatic rings. The van der Waals surface area contributed by atoms with Gasteiger partial charge in [-0.15, -0.1) is 0 Å². The Kier molecular flexibility index (Phi) is 4.48. The molecule has 1 aromatic heterocycles. The quantitative estimate of drug-likeness (QED) is 0.871. The molecular formula is C9H12BrN3O2. The first-order chi connectivity index (χ1) is 7.15. The van der Waals surface area contributed by atoms with Crippen LogP contribution in [0.15, 0.2) is 21.8 Å². The minimum absolute atomic E-state index is 0.0222. The molecule has 5 nitrogen and oxygen atoms in total. The fourth-order valence-corrected chi connectivity index (χ4v) is 1.46. The van der Waals surface area contributed by atoms with Gasteiger partial charge < -0.3 is 5.32 Å². The summed E-state index contributed by atoms with van der Waals surface area (Å²) in [6.45, 7) is 0.499. The molecule has 15 heavy (non-hydrogen) atoms. The van der Waals surface area contributed by atoms with E-state index in [0.717, 1.165) is 0 Å². The molecule has 0 fully saturated rings. The van der Waals surface area contributed by atoms with E-state index in [1.165, 1.54) is 17.1 Å². The van der Waals surface area contributed by atoms with Crippen molar-refractivity contribution in [3.8, 4) is 0 Å². The van der Waals surface area contributed by atoms with Crippen molar-refractivity contribution in [2.45, 2.75) is 19.4 Å². The second-order valence-corrected chi connectivity index (χ2v) is 3.87. The third-order valence-corrected chi connectivity index (χ3v) is 2.48. The maximum atomic E-state index is 11.5. The topological polar surface area (TPSA) is 64.0 Å². The zero-order valence-electron chi connectivity index (χ0n) is 8.36. The van der Waals surface area contributed by atoms with Crippen LogP contribution in [0.3, 0.4) is 0 Å². The summed E-state index contributed by atoms with van der Waals surface area (Å²) in [5.74, 6) is -0.0222. The van der Waals surface area contributed by atoms with Gasteiger partial charge in [-0.3, -0.25) is 14.2 Å². The van der Waals surface area contributed by atoms with Gasteiger partial charge in [-0.2, -0.15) is 0 Å². The van der Waals surface area contributed by atoms with Gasteiger partial charge in [-0.25, -0.2) is 4.98 Å². The first-order valence-corrected chi connectivity index (χ1v) is 5.35. The summed E-state index contributed by atoms with van der Waals surface area (Å²) in [5, 5.41) is 2.53. The van der Waals surface area contributed by atoms with E-state index in [0.29, 0.717) is 23.9 Å². The van der Waals surface area contributed by atoms with Crippen LogP contribution < -0.4 is 10.9 Å². The number of carbonyl (C=O) groups is 1. The molecule has 0 bridgehead atoms. The van der Waals surface area contributed by atoms with Crippen molar-refractivity contribution in [3.63, 3.8) is 0 Å². The van der Waals surface area contributed by atoms with Gasteiger partial charge in [0, 0.05) is 26.2 Å². The van der Waals surface area contributed by atoms with Crippen molar-refractivity contribution in [2.75, 3.05) is 7.05 Å². The average molecular weight is 274 g/mol. The van der Waals surface area contributed by atoms with Crippen LogP contribution >= 0.6 is 15.9 Å². The number of aromatic nitrogens is 2. The van der Waals surface area contributed by atoms with Crippen LogP contribution in [0.4, 0.5) is 0 Å². The smallest absolute Gasteiger partial charge is 0.267 e. The van der Waals surface area contributed by atoms with Gasteiger partial charge in [-0.1, -0.05) is 0 Å². The number of carbonyl (C=O) groups excluding carboxylic acids is 1. The normalized spacial score (nSPS) is 10.0. The number of rotatable bonds is 4.